The summed E-state index contributed by atoms with van der Waals surface area (Å²) in [5.41, 5.74) is 0. The fourth-order valence-electron chi connectivity index (χ4n) is 1.28. The van der Waals surface area contributed by atoms with Crippen LogP contribution in [0.1, 0.15) is 17.7 Å². The predicted octanol–water partition coefficient (Wildman–Crippen LogP) is 2.49. The van der Waals surface area contributed by atoms with Gasteiger partial charge in [-0.1, -0.05) is 11.6 Å². The standard InChI is InChI=1S/C11H16ClNO2S/c1-15-11(14)3-2-7-13-8-6-9-4-5-10(12)16-9/h4-5,13H,2-3,6-8H2,1H3. The number of esters is 1. The monoisotopic (exact) mass is 261 g/mol. The Morgan fingerprint density at radius 2 is 2.31 bits per heavy atom. The Labute approximate surface area is 105 Å². The Balaban J connectivity index is 1.98. The van der Waals surface area contributed by atoms with Crippen molar-refractivity contribution in [1.82, 2.24) is 5.32 Å². The lowest BCUT2D eigenvalue weighted by molar-refractivity contribution is -0.140. The van der Waals surface area contributed by atoms with Crippen molar-refractivity contribution in [2.45, 2.75) is 19.3 Å². The largest absolute Gasteiger partial charge is 0.469 e. The second kappa shape index (κ2) is 7.65. The van der Waals surface area contributed by atoms with E-state index in [-0.39, 0.29) is 5.97 Å². The van der Waals surface area contributed by atoms with Crippen LogP contribution in [0.15, 0.2) is 12.1 Å². The van der Waals surface area contributed by atoms with E-state index in [1.54, 1.807) is 11.3 Å². The van der Waals surface area contributed by atoms with E-state index in [4.69, 9.17) is 11.6 Å². The van der Waals surface area contributed by atoms with Crippen LogP contribution in [-0.4, -0.2) is 26.2 Å². The second-order valence-corrected chi connectivity index (χ2v) is 5.19. The minimum atomic E-state index is -0.146. The summed E-state index contributed by atoms with van der Waals surface area (Å²) in [4.78, 5) is 12.1. The number of methoxy groups -OCH3 is 1. The molecule has 0 spiro atoms. The first kappa shape index (κ1) is 13.5. The molecule has 0 atom stereocenters. The van der Waals surface area contributed by atoms with E-state index < -0.39 is 0 Å². The number of carbonyl (C=O) groups is 1. The van der Waals surface area contributed by atoms with Crippen molar-refractivity contribution in [3.8, 4) is 0 Å². The molecule has 1 heterocycles. The summed E-state index contributed by atoms with van der Waals surface area (Å²) in [6.45, 7) is 1.76. The summed E-state index contributed by atoms with van der Waals surface area (Å²) in [5, 5.41) is 3.28. The lowest BCUT2D eigenvalue weighted by Gasteiger charge is -2.02. The second-order valence-electron chi connectivity index (χ2n) is 3.39. The Hall–Kier alpha value is -0.580. The zero-order valence-corrected chi connectivity index (χ0v) is 10.9. The molecular formula is C11H16ClNO2S. The molecule has 3 nitrogen and oxygen atoms in total. The van der Waals surface area contributed by atoms with Crippen LogP contribution in [0.2, 0.25) is 4.34 Å². The van der Waals surface area contributed by atoms with E-state index in [9.17, 15) is 4.79 Å². The van der Waals surface area contributed by atoms with Crippen molar-refractivity contribution in [1.29, 1.82) is 0 Å². The van der Waals surface area contributed by atoms with Crippen molar-refractivity contribution in [2.75, 3.05) is 20.2 Å². The van der Waals surface area contributed by atoms with Crippen molar-refractivity contribution < 1.29 is 9.53 Å². The molecule has 16 heavy (non-hydrogen) atoms. The van der Waals surface area contributed by atoms with Crippen molar-refractivity contribution >= 4 is 28.9 Å². The highest BCUT2D eigenvalue weighted by atomic mass is 35.5. The van der Waals surface area contributed by atoms with Gasteiger partial charge in [0, 0.05) is 11.3 Å². The van der Waals surface area contributed by atoms with E-state index >= 15 is 0 Å². The van der Waals surface area contributed by atoms with E-state index in [2.05, 4.69) is 10.1 Å². The van der Waals surface area contributed by atoms with Gasteiger partial charge in [0.15, 0.2) is 0 Å². The third-order valence-electron chi connectivity index (χ3n) is 2.14. The van der Waals surface area contributed by atoms with Gasteiger partial charge in [-0.15, -0.1) is 11.3 Å². The van der Waals surface area contributed by atoms with Gasteiger partial charge in [-0.2, -0.15) is 0 Å². The molecule has 0 amide bonds. The number of rotatable bonds is 7. The Bertz CT molecular complexity index is 328. The van der Waals surface area contributed by atoms with Gasteiger partial charge in [-0.05, 0) is 38.1 Å². The van der Waals surface area contributed by atoms with Gasteiger partial charge in [0.25, 0.3) is 0 Å². The Kier molecular flexibility index (Phi) is 6.45. The van der Waals surface area contributed by atoms with Crippen LogP contribution in [0.3, 0.4) is 0 Å². The molecule has 0 unspecified atom stereocenters. The van der Waals surface area contributed by atoms with Crippen LogP contribution in [0.5, 0.6) is 0 Å². The maximum atomic E-state index is 10.8. The lowest BCUT2D eigenvalue weighted by Crippen LogP contribution is -2.19. The average Bonchev–Trinajstić information content (AvgIpc) is 2.69. The minimum Gasteiger partial charge on any atom is -0.469 e. The highest BCUT2D eigenvalue weighted by Gasteiger charge is 2.00. The quantitative estimate of drug-likeness (QED) is 0.605. The van der Waals surface area contributed by atoms with Crippen molar-refractivity contribution in [2.24, 2.45) is 0 Å². The average molecular weight is 262 g/mol. The van der Waals surface area contributed by atoms with Gasteiger partial charge in [0.2, 0.25) is 0 Å². The molecule has 0 saturated heterocycles. The van der Waals surface area contributed by atoms with Gasteiger partial charge in [0.1, 0.15) is 0 Å². The molecule has 0 fully saturated rings. The van der Waals surface area contributed by atoms with Crippen LogP contribution in [-0.2, 0) is 16.0 Å². The molecule has 0 aliphatic rings. The number of thiophene rings is 1. The SMILES string of the molecule is COC(=O)CCCNCCc1ccc(Cl)s1. The van der Waals surface area contributed by atoms with Crippen molar-refractivity contribution in [3.63, 3.8) is 0 Å². The first-order valence-electron chi connectivity index (χ1n) is 5.24. The topological polar surface area (TPSA) is 38.3 Å². The summed E-state index contributed by atoms with van der Waals surface area (Å²) in [7, 11) is 1.41. The highest BCUT2D eigenvalue weighted by molar-refractivity contribution is 7.16. The molecular weight excluding hydrogens is 246 g/mol. The first-order chi connectivity index (χ1) is 7.72. The van der Waals surface area contributed by atoms with Crippen molar-refractivity contribution in [3.05, 3.63) is 21.3 Å². The molecule has 5 heteroatoms. The smallest absolute Gasteiger partial charge is 0.305 e. The molecule has 0 aliphatic carbocycles. The summed E-state index contributed by atoms with van der Waals surface area (Å²) in [6.07, 6.45) is 2.28. The molecule has 90 valence electrons. The summed E-state index contributed by atoms with van der Waals surface area (Å²) in [5.74, 6) is -0.146. The third-order valence-corrected chi connectivity index (χ3v) is 3.43. The maximum Gasteiger partial charge on any atom is 0.305 e. The molecule has 0 radical (unpaired) electrons. The molecule has 0 saturated carbocycles. The Morgan fingerprint density at radius 1 is 1.50 bits per heavy atom. The van der Waals surface area contributed by atoms with Gasteiger partial charge >= 0.3 is 5.97 Å². The number of carbonyl (C=O) groups excluding carboxylic acids is 1. The lowest BCUT2D eigenvalue weighted by atomic mass is 10.3. The maximum absolute atomic E-state index is 10.8. The van der Waals surface area contributed by atoms with E-state index in [1.165, 1.54) is 12.0 Å². The highest BCUT2D eigenvalue weighted by Crippen LogP contribution is 2.21. The van der Waals surface area contributed by atoms with Crippen LogP contribution < -0.4 is 5.32 Å². The zero-order valence-electron chi connectivity index (χ0n) is 9.29. The van der Waals surface area contributed by atoms with Gasteiger partial charge < -0.3 is 10.1 Å². The van der Waals surface area contributed by atoms with E-state index in [1.807, 2.05) is 12.1 Å². The number of hydrogen-bond donors (Lipinski definition) is 1. The molecule has 1 aromatic heterocycles. The van der Waals surface area contributed by atoms with Crippen LogP contribution in [0.25, 0.3) is 0 Å². The van der Waals surface area contributed by atoms with Gasteiger partial charge in [-0.25, -0.2) is 0 Å². The fraction of sp³-hybridized carbons (Fsp3) is 0.545. The zero-order chi connectivity index (χ0) is 11.8. The molecule has 0 aromatic carbocycles. The summed E-state index contributed by atoms with van der Waals surface area (Å²) >= 11 is 7.43. The molecule has 1 aromatic rings. The molecule has 0 aliphatic heterocycles. The number of ether oxygens (including phenoxy) is 1. The molecule has 0 bridgehead atoms. The predicted molar refractivity (Wildman–Crippen MR) is 67.2 cm³/mol. The number of halogens is 1. The summed E-state index contributed by atoms with van der Waals surface area (Å²) in [6, 6.07) is 3.96. The number of nitrogens with one attached hydrogen (secondary N) is 1. The van der Waals surface area contributed by atoms with E-state index in [0.29, 0.717) is 6.42 Å². The van der Waals surface area contributed by atoms with Crippen LogP contribution >= 0.6 is 22.9 Å². The number of hydrogen-bond acceptors (Lipinski definition) is 4. The van der Waals surface area contributed by atoms with Crippen LogP contribution in [0, 0.1) is 0 Å². The van der Waals surface area contributed by atoms with Crippen LogP contribution in [0.4, 0.5) is 0 Å². The summed E-state index contributed by atoms with van der Waals surface area (Å²) < 4.78 is 5.38. The molecule has 1 rings (SSSR count). The van der Waals surface area contributed by atoms with E-state index in [0.717, 1.165) is 30.3 Å². The minimum absolute atomic E-state index is 0.146. The Morgan fingerprint density at radius 3 is 2.94 bits per heavy atom. The van der Waals surface area contributed by atoms with Gasteiger partial charge in [0.05, 0.1) is 11.4 Å². The normalized spacial score (nSPS) is 10.4. The molecule has 1 N–H and O–H groups in total. The first-order valence-corrected chi connectivity index (χ1v) is 6.43. The third kappa shape index (κ3) is 5.49. The van der Waals surface area contributed by atoms with Gasteiger partial charge in [-0.3, -0.25) is 4.79 Å². The fourth-order valence-corrected chi connectivity index (χ4v) is 2.37.